The Bertz CT molecular complexity index is 242. The van der Waals surface area contributed by atoms with E-state index in [1.165, 1.54) is 19.3 Å². The van der Waals surface area contributed by atoms with Gasteiger partial charge in [0.05, 0.1) is 13.2 Å². The van der Waals surface area contributed by atoms with Crippen molar-refractivity contribution in [3.8, 4) is 0 Å². The van der Waals surface area contributed by atoms with Gasteiger partial charge in [-0.3, -0.25) is 0 Å². The van der Waals surface area contributed by atoms with Crippen molar-refractivity contribution in [3.05, 3.63) is 12.7 Å². The highest BCUT2D eigenvalue weighted by molar-refractivity contribution is 5.16. The van der Waals surface area contributed by atoms with Gasteiger partial charge in [-0.1, -0.05) is 6.08 Å². The van der Waals surface area contributed by atoms with E-state index in [0.29, 0.717) is 0 Å². The number of hydrogen-bond acceptors (Lipinski definition) is 2. The van der Waals surface area contributed by atoms with Crippen molar-refractivity contribution < 1.29 is 9.47 Å². The second kappa shape index (κ2) is 2.37. The van der Waals surface area contributed by atoms with Gasteiger partial charge in [-0.15, -0.1) is 6.58 Å². The maximum absolute atomic E-state index is 5.84. The van der Waals surface area contributed by atoms with Gasteiger partial charge in [-0.2, -0.15) is 0 Å². The van der Waals surface area contributed by atoms with Crippen molar-refractivity contribution in [2.75, 3.05) is 13.2 Å². The third-order valence-corrected chi connectivity index (χ3v) is 4.11. The van der Waals surface area contributed by atoms with Crippen LogP contribution in [-0.4, -0.2) is 19.0 Å². The van der Waals surface area contributed by atoms with Crippen LogP contribution in [-0.2, 0) is 9.47 Å². The first-order valence-electron chi connectivity index (χ1n) is 5.22. The summed E-state index contributed by atoms with van der Waals surface area (Å²) in [6, 6.07) is 0. The zero-order chi connectivity index (χ0) is 8.94. The molecule has 72 valence electrons. The van der Waals surface area contributed by atoms with Crippen LogP contribution >= 0.6 is 0 Å². The SMILES string of the molecule is C=CC12CCC(C1)CC21OCCO1. The second-order valence-corrected chi connectivity index (χ2v) is 4.62. The Balaban J connectivity index is 2.00. The van der Waals surface area contributed by atoms with Crippen LogP contribution in [0.4, 0.5) is 0 Å². The van der Waals surface area contributed by atoms with E-state index >= 15 is 0 Å². The molecule has 1 saturated heterocycles. The van der Waals surface area contributed by atoms with Gasteiger partial charge in [0.1, 0.15) is 0 Å². The first-order valence-corrected chi connectivity index (χ1v) is 5.22. The van der Waals surface area contributed by atoms with E-state index in [2.05, 4.69) is 12.7 Å². The molecule has 1 aliphatic heterocycles. The van der Waals surface area contributed by atoms with Crippen LogP contribution in [0, 0.1) is 11.3 Å². The van der Waals surface area contributed by atoms with Crippen molar-refractivity contribution in [1.29, 1.82) is 0 Å². The molecule has 0 aromatic heterocycles. The Hall–Kier alpha value is -0.340. The van der Waals surface area contributed by atoms with E-state index in [4.69, 9.17) is 9.47 Å². The summed E-state index contributed by atoms with van der Waals surface area (Å²) in [5, 5.41) is 0. The fourth-order valence-corrected chi connectivity index (χ4v) is 3.49. The summed E-state index contributed by atoms with van der Waals surface area (Å²) in [5.74, 6) is 0.550. The summed E-state index contributed by atoms with van der Waals surface area (Å²) in [6.07, 6.45) is 6.96. The summed E-state index contributed by atoms with van der Waals surface area (Å²) >= 11 is 0. The van der Waals surface area contributed by atoms with Gasteiger partial charge in [0.25, 0.3) is 0 Å². The predicted molar refractivity (Wildman–Crippen MR) is 49.2 cm³/mol. The summed E-state index contributed by atoms with van der Waals surface area (Å²) in [6.45, 7) is 5.50. The lowest BCUT2D eigenvalue weighted by Crippen LogP contribution is -2.44. The fourth-order valence-electron chi connectivity index (χ4n) is 3.49. The quantitative estimate of drug-likeness (QED) is 0.575. The highest BCUT2D eigenvalue weighted by Crippen LogP contribution is 2.63. The van der Waals surface area contributed by atoms with E-state index in [1.807, 2.05) is 0 Å². The largest absolute Gasteiger partial charge is 0.347 e. The highest BCUT2D eigenvalue weighted by atomic mass is 16.7. The van der Waals surface area contributed by atoms with Gasteiger partial charge in [0.15, 0.2) is 5.79 Å². The summed E-state index contributed by atoms with van der Waals surface area (Å²) in [5.41, 5.74) is 0.147. The molecule has 2 aliphatic carbocycles. The minimum Gasteiger partial charge on any atom is -0.347 e. The van der Waals surface area contributed by atoms with E-state index < -0.39 is 0 Å². The van der Waals surface area contributed by atoms with E-state index in [-0.39, 0.29) is 11.2 Å². The molecule has 2 bridgehead atoms. The molecule has 3 fully saturated rings. The molecule has 2 heteroatoms. The van der Waals surface area contributed by atoms with E-state index in [0.717, 1.165) is 25.6 Å². The molecule has 0 aromatic rings. The molecule has 0 aromatic carbocycles. The predicted octanol–water partition coefficient (Wildman–Crippen LogP) is 2.11. The van der Waals surface area contributed by atoms with Crippen LogP contribution < -0.4 is 0 Å². The number of fused-ring (bicyclic) bond motifs is 3. The van der Waals surface area contributed by atoms with Crippen LogP contribution in [0.1, 0.15) is 25.7 Å². The smallest absolute Gasteiger partial charge is 0.177 e. The molecule has 0 N–H and O–H groups in total. The van der Waals surface area contributed by atoms with Crippen molar-refractivity contribution in [2.45, 2.75) is 31.5 Å². The first kappa shape index (κ1) is 8.01. The molecule has 13 heavy (non-hydrogen) atoms. The molecule has 3 aliphatic rings. The van der Waals surface area contributed by atoms with Gasteiger partial charge >= 0.3 is 0 Å². The third kappa shape index (κ3) is 0.810. The van der Waals surface area contributed by atoms with Crippen molar-refractivity contribution in [2.24, 2.45) is 11.3 Å². The van der Waals surface area contributed by atoms with Gasteiger partial charge in [0.2, 0.25) is 0 Å². The Morgan fingerprint density at radius 3 is 2.62 bits per heavy atom. The average Bonchev–Trinajstić information content (AvgIpc) is 2.80. The van der Waals surface area contributed by atoms with Gasteiger partial charge in [0, 0.05) is 11.8 Å². The molecule has 2 atom stereocenters. The number of hydrogen-bond donors (Lipinski definition) is 0. The number of ether oxygens (including phenoxy) is 2. The monoisotopic (exact) mass is 180 g/mol. The van der Waals surface area contributed by atoms with Crippen LogP contribution in [0.3, 0.4) is 0 Å². The topological polar surface area (TPSA) is 18.5 Å². The van der Waals surface area contributed by atoms with Crippen LogP contribution in [0.5, 0.6) is 0 Å². The Kier molecular flexibility index (Phi) is 1.46. The van der Waals surface area contributed by atoms with E-state index in [9.17, 15) is 0 Å². The molecular formula is C11H16O2. The molecule has 3 rings (SSSR count). The van der Waals surface area contributed by atoms with E-state index in [1.54, 1.807) is 0 Å². The molecular weight excluding hydrogens is 164 g/mol. The number of rotatable bonds is 1. The molecule has 2 saturated carbocycles. The maximum Gasteiger partial charge on any atom is 0.177 e. The highest BCUT2D eigenvalue weighted by Gasteiger charge is 2.63. The lowest BCUT2D eigenvalue weighted by molar-refractivity contribution is -0.214. The zero-order valence-corrected chi connectivity index (χ0v) is 7.92. The summed E-state index contributed by atoms with van der Waals surface area (Å²) in [7, 11) is 0. The molecule has 1 heterocycles. The molecule has 2 nitrogen and oxygen atoms in total. The molecule has 1 spiro atoms. The third-order valence-electron chi connectivity index (χ3n) is 4.11. The standard InChI is InChI=1S/C11H16O2/c1-2-10-4-3-9(7-10)8-11(10)12-5-6-13-11/h2,9H,1,3-8H2. The first-order chi connectivity index (χ1) is 6.30. The van der Waals surface area contributed by atoms with Crippen molar-refractivity contribution in [1.82, 2.24) is 0 Å². The fraction of sp³-hybridized carbons (Fsp3) is 0.818. The Morgan fingerprint density at radius 2 is 2.00 bits per heavy atom. The van der Waals surface area contributed by atoms with Crippen molar-refractivity contribution >= 4 is 0 Å². The maximum atomic E-state index is 5.84. The molecule has 0 radical (unpaired) electrons. The average molecular weight is 180 g/mol. The van der Waals surface area contributed by atoms with Crippen LogP contribution in [0.2, 0.25) is 0 Å². The van der Waals surface area contributed by atoms with Crippen LogP contribution in [0.25, 0.3) is 0 Å². The summed E-state index contributed by atoms with van der Waals surface area (Å²) in [4.78, 5) is 0. The minimum absolute atomic E-state index is 0.147. The van der Waals surface area contributed by atoms with Crippen molar-refractivity contribution in [3.63, 3.8) is 0 Å². The Labute approximate surface area is 78.9 Å². The van der Waals surface area contributed by atoms with Gasteiger partial charge in [-0.05, 0) is 25.2 Å². The second-order valence-electron chi connectivity index (χ2n) is 4.62. The normalized spacial score (nSPS) is 46.0. The lowest BCUT2D eigenvalue weighted by Gasteiger charge is -2.40. The molecule has 0 amide bonds. The zero-order valence-electron chi connectivity index (χ0n) is 7.92. The van der Waals surface area contributed by atoms with Gasteiger partial charge < -0.3 is 9.47 Å². The van der Waals surface area contributed by atoms with Crippen LogP contribution in [0.15, 0.2) is 12.7 Å². The van der Waals surface area contributed by atoms with Gasteiger partial charge in [-0.25, -0.2) is 0 Å². The minimum atomic E-state index is -0.266. The Morgan fingerprint density at radius 1 is 1.23 bits per heavy atom. The lowest BCUT2D eigenvalue weighted by atomic mass is 9.79. The summed E-state index contributed by atoms with van der Waals surface area (Å²) < 4.78 is 11.7. The molecule has 2 unspecified atom stereocenters.